The van der Waals surface area contributed by atoms with Crippen molar-refractivity contribution in [3.63, 3.8) is 0 Å². The third kappa shape index (κ3) is 1.10. The average Bonchev–Trinajstić information content (AvgIpc) is 2.44. The number of carbonyl (C=O) groups is 2. The standard InChI is InChI=1S/C9H8N2O3/c10-6-2-1-5-4-11(9(13)14)8(12)7(5)3-6/h1-3H,4,10H2,(H,13,14). The minimum atomic E-state index is -1.23. The van der Waals surface area contributed by atoms with Gasteiger partial charge in [-0.2, -0.15) is 0 Å². The van der Waals surface area contributed by atoms with Gasteiger partial charge in [-0.05, 0) is 17.7 Å². The lowest BCUT2D eigenvalue weighted by atomic mass is 10.1. The SMILES string of the molecule is Nc1ccc2c(c1)C(=O)N(C(=O)O)C2. The first kappa shape index (κ1) is 8.55. The van der Waals surface area contributed by atoms with Gasteiger partial charge in [0.1, 0.15) is 0 Å². The number of carboxylic acid groups (broad SMARTS) is 1. The summed E-state index contributed by atoms with van der Waals surface area (Å²) in [6, 6.07) is 4.82. The lowest BCUT2D eigenvalue weighted by Crippen LogP contribution is -2.29. The third-order valence-corrected chi connectivity index (χ3v) is 2.17. The van der Waals surface area contributed by atoms with Crippen LogP contribution in [0.15, 0.2) is 18.2 Å². The number of nitrogens with two attached hydrogens (primary N) is 1. The first-order valence-electron chi connectivity index (χ1n) is 4.03. The summed E-state index contributed by atoms with van der Waals surface area (Å²) < 4.78 is 0. The molecule has 0 aliphatic carbocycles. The van der Waals surface area contributed by atoms with Gasteiger partial charge >= 0.3 is 6.09 Å². The first-order valence-corrected chi connectivity index (χ1v) is 4.03. The van der Waals surface area contributed by atoms with E-state index in [-0.39, 0.29) is 6.54 Å². The fourth-order valence-corrected chi connectivity index (χ4v) is 1.47. The molecule has 0 atom stereocenters. The molecule has 0 unspecified atom stereocenters. The van der Waals surface area contributed by atoms with Crippen molar-refractivity contribution < 1.29 is 14.7 Å². The first-order chi connectivity index (χ1) is 6.59. The van der Waals surface area contributed by atoms with Crippen LogP contribution in [0.5, 0.6) is 0 Å². The fraction of sp³-hybridized carbons (Fsp3) is 0.111. The second-order valence-electron chi connectivity index (χ2n) is 3.09. The zero-order valence-corrected chi connectivity index (χ0v) is 7.23. The molecule has 1 aromatic rings. The Bertz CT molecular complexity index is 428. The van der Waals surface area contributed by atoms with Crippen molar-refractivity contribution in [3.05, 3.63) is 29.3 Å². The summed E-state index contributed by atoms with van der Waals surface area (Å²) in [4.78, 5) is 22.9. The van der Waals surface area contributed by atoms with Crippen LogP contribution < -0.4 is 5.73 Å². The van der Waals surface area contributed by atoms with Crippen LogP contribution in [0.3, 0.4) is 0 Å². The monoisotopic (exact) mass is 192 g/mol. The normalized spacial score (nSPS) is 14.3. The topological polar surface area (TPSA) is 83.6 Å². The zero-order chi connectivity index (χ0) is 10.3. The molecule has 0 radical (unpaired) electrons. The van der Waals surface area contributed by atoms with Crippen LogP contribution in [0.1, 0.15) is 15.9 Å². The minimum absolute atomic E-state index is 0.115. The van der Waals surface area contributed by atoms with E-state index in [2.05, 4.69) is 0 Å². The molecule has 0 spiro atoms. The lowest BCUT2D eigenvalue weighted by Gasteiger charge is -2.06. The number of nitrogens with zero attached hydrogens (tertiary/aromatic N) is 1. The molecule has 3 N–H and O–H groups in total. The number of hydrogen-bond acceptors (Lipinski definition) is 3. The van der Waals surface area contributed by atoms with E-state index in [0.29, 0.717) is 16.8 Å². The number of fused-ring (bicyclic) bond motifs is 1. The smallest absolute Gasteiger partial charge is 0.414 e. The molecular weight excluding hydrogens is 184 g/mol. The Balaban J connectivity index is 2.46. The molecule has 1 aliphatic rings. The second kappa shape index (κ2) is 2.73. The Hall–Kier alpha value is -2.04. The van der Waals surface area contributed by atoms with E-state index in [1.807, 2.05) is 0 Å². The number of benzene rings is 1. The van der Waals surface area contributed by atoms with Crippen molar-refractivity contribution in [2.45, 2.75) is 6.54 Å². The highest BCUT2D eigenvalue weighted by atomic mass is 16.4. The molecule has 5 heteroatoms. The number of hydrogen-bond donors (Lipinski definition) is 2. The Morgan fingerprint density at radius 2 is 2.21 bits per heavy atom. The van der Waals surface area contributed by atoms with Crippen molar-refractivity contribution in [2.24, 2.45) is 0 Å². The van der Waals surface area contributed by atoms with Gasteiger partial charge in [-0.15, -0.1) is 0 Å². The Kier molecular flexibility index (Phi) is 1.67. The second-order valence-corrected chi connectivity index (χ2v) is 3.09. The van der Waals surface area contributed by atoms with Gasteiger partial charge in [-0.25, -0.2) is 9.69 Å². The maximum atomic E-state index is 11.5. The van der Waals surface area contributed by atoms with Gasteiger partial charge < -0.3 is 10.8 Å². The molecule has 2 rings (SSSR count). The van der Waals surface area contributed by atoms with E-state index in [4.69, 9.17) is 10.8 Å². The summed E-state index contributed by atoms with van der Waals surface area (Å²) in [6.45, 7) is 0.115. The van der Waals surface area contributed by atoms with Gasteiger partial charge in [0, 0.05) is 11.3 Å². The molecule has 0 bridgehead atoms. The van der Waals surface area contributed by atoms with E-state index in [9.17, 15) is 9.59 Å². The predicted octanol–water partition coefficient (Wildman–Crippen LogP) is 0.903. The summed E-state index contributed by atoms with van der Waals surface area (Å²) in [5.41, 5.74) is 7.04. The maximum absolute atomic E-state index is 11.5. The number of amides is 2. The van der Waals surface area contributed by atoms with Gasteiger partial charge in [0.15, 0.2) is 0 Å². The van der Waals surface area contributed by atoms with Crippen LogP contribution in [0.2, 0.25) is 0 Å². The zero-order valence-electron chi connectivity index (χ0n) is 7.23. The molecule has 5 nitrogen and oxygen atoms in total. The number of carbonyl (C=O) groups excluding carboxylic acids is 1. The number of nitrogen functional groups attached to an aromatic ring is 1. The van der Waals surface area contributed by atoms with Crippen molar-refractivity contribution in [1.29, 1.82) is 0 Å². The van der Waals surface area contributed by atoms with Crippen molar-refractivity contribution in [3.8, 4) is 0 Å². The molecule has 0 saturated carbocycles. The largest absolute Gasteiger partial charge is 0.465 e. The summed E-state index contributed by atoms with van der Waals surface area (Å²) in [5.74, 6) is -0.500. The van der Waals surface area contributed by atoms with E-state index in [0.717, 1.165) is 4.90 Å². The summed E-state index contributed by atoms with van der Waals surface area (Å²) in [6.07, 6.45) is -1.23. The third-order valence-electron chi connectivity index (χ3n) is 2.17. The van der Waals surface area contributed by atoms with Gasteiger partial charge in [-0.1, -0.05) is 6.07 Å². The van der Waals surface area contributed by atoms with Crippen LogP contribution in [0, 0.1) is 0 Å². The van der Waals surface area contributed by atoms with Crippen LogP contribution in [-0.2, 0) is 6.54 Å². The molecule has 1 aromatic carbocycles. The average molecular weight is 192 g/mol. The minimum Gasteiger partial charge on any atom is -0.465 e. The van der Waals surface area contributed by atoms with Crippen molar-refractivity contribution in [2.75, 3.05) is 5.73 Å². The molecule has 0 fully saturated rings. The molecule has 1 heterocycles. The van der Waals surface area contributed by atoms with Crippen molar-refractivity contribution >= 4 is 17.7 Å². The molecule has 14 heavy (non-hydrogen) atoms. The van der Waals surface area contributed by atoms with Gasteiger partial charge in [0.2, 0.25) is 0 Å². The molecule has 72 valence electrons. The molecule has 0 aromatic heterocycles. The molecule has 0 saturated heterocycles. The Labute approximate surface area is 79.7 Å². The van der Waals surface area contributed by atoms with Crippen LogP contribution in [-0.4, -0.2) is 22.0 Å². The Morgan fingerprint density at radius 1 is 1.50 bits per heavy atom. The molecular formula is C9H8N2O3. The van der Waals surface area contributed by atoms with E-state index < -0.39 is 12.0 Å². The van der Waals surface area contributed by atoms with Crippen LogP contribution in [0.25, 0.3) is 0 Å². The molecule has 2 amide bonds. The van der Waals surface area contributed by atoms with Crippen LogP contribution >= 0.6 is 0 Å². The lowest BCUT2D eigenvalue weighted by molar-refractivity contribution is 0.0764. The number of rotatable bonds is 0. The summed E-state index contributed by atoms with van der Waals surface area (Å²) >= 11 is 0. The summed E-state index contributed by atoms with van der Waals surface area (Å²) in [7, 11) is 0. The van der Waals surface area contributed by atoms with E-state index in [1.54, 1.807) is 12.1 Å². The van der Waals surface area contributed by atoms with Gasteiger partial charge in [-0.3, -0.25) is 4.79 Å². The number of anilines is 1. The highest BCUT2D eigenvalue weighted by molar-refractivity contribution is 6.06. The molecule has 1 aliphatic heterocycles. The Morgan fingerprint density at radius 3 is 2.86 bits per heavy atom. The fourth-order valence-electron chi connectivity index (χ4n) is 1.47. The van der Waals surface area contributed by atoms with E-state index in [1.165, 1.54) is 6.07 Å². The maximum Gasteiger partial charge on any atom is 0.414 e. The van der Waals surface area contributed by atoms with Gasteiger partial charge in [0.25, 0.3) is 5.91 Å². The quantitative estimate of drug-likeness (QED) is 0.598. The number of imide groups is 1. The predicted molar refractivity (Wildman–Crippen MR) is 48.8 cm³/mol. The van der Waals surface area contributed by atoms with Gasteiger partial charge in [0.05, 0.1) is 6.54 Å². The highest BCUT2D eigenvalue weighted by Crippen LogP contribution is 2.24. The van der Waals surface area contributed by atoms with Crippen LogP contribution in [0.4, 0.5) is 10.5 Å². The van der Waals surface area contributed by atoms with E-state index >= 15 is 0 Å². The highest BCUT2D eigenvalue weighted by Gasteiger charge is 2.31. The summed E-state index contributed by atoms with van der Waals surface area (Å²) in [5, 5.41) is 8.70. The van der Waals surface area contributed by atoms with Crippen molar-refractivity contribution in [1.82, 2.24) is 4.90 Å².